The zero-order chi connectivity index (χ0) is 20.0. The van der Waals surface area contributed by atoms with E-state index >= 15 is 0 Å². The van der Waals surface area contributed by atoms with E-state index in [1.54, 1.807) is 6.92 Å². The normalized spacial score (nSPS) is 11.5. The van der Waals surface area contributed by atoms with Gasteiger partial charge in [-0.3, -0.25) is 9.11 Å². The zero-order valence-corrected chi connectivity index (χ0v) is 15.2. The Morgan fingerprint density at radius 2 is 1.25 bits per heavy atom. The maximum atomic E-state index is 9.86. The smallest absolute Gasteiger partial charge is 0.394 e. The summed E-state index contributed by atoms with van der Waals surface area (Å²) in [4.78, 5) is 14.2. The van der Waals surface area contributed by atoms with Crippen molar-refractivity contribution in [3.8, 4) is 0 Å². The Hall–Kier alpha value is -1.05. The van der Waals surface area contributed by atoms with Crippen LogP contribution < -0.4 is 0 Å². The van der Waals surface area contributed by atoms with Crippen LogP contribution >= 0.6 is 0 Å². The van der Waals surface area contributed by atoms with Crippen LogP contribution in [0.5, 0.6) is 0 Å². The quantitative estimate of drug-likeness (QED) is 0.223. The summed E-state index contributed by atoms with van der Waals surface area (Å²) in [5.74, 6) is 0. The molecule has 0 spiro atoms. The minimum atomic E-state index is -4.67. The maximum Gasteiger partial charge on any atom is 0.394 e. The molecular weight excluding hydrogens is 350 g/mol. The van der Waals surface area contributed by atoms with Crippen molar-refractivity contribution in [1.29, 1.82) is 0 Å². The molecule has 0 saturated heterocycles. The molecule has 0 unspecified atom stereocenters. The Labute approximate surface area is 142 Å². The summed E-state index contributed by atoms with van der Waals surface area (Å²) in [6.45, 7) is 7.26. The van der Waals surface area contributed by atoms with Crippen LogP contribution in [0, 0.1) is 20.9 Å². The standard InChI is InChI=1S/C7H15NO3.C5H12O3.H2O4S/c1-4-7(3,5-2)6-11-8(9)10;1-5(2-6,3-7)4-8;1-5(2,3)4/h4-6H2,1-3H3;6-8H,2-4H2,1H3;(H2,1,2,3,4). The zero-order valence-electron chi connectivity index (χ0n) is 14.4. The highest BCUT2D eigenvalue weighted by atomic mass is 32.3. The second-order valence-electron chi connectivity index (χ2n) is 5.75. The highest BCUT2D eigenvalue weighted by Gasteiger charge is 2.21. The fraction of sp³-hybridized carbons (Fsp3) is 1.00. The molecule has 0 aromatic carbocycles. The molecular formula is C12H29NO10S. The first-order valence-electron chi connectivity index (χ1n) is 7.02. The van der Waals surface area contributed by atoms with E-state index < -0.39 is 20.9 Å². The molecule has 0 aliphatic carbocycles. The van der Waals surface area contributed by atoms with E-state index in [2.05, 4.69) is 4.84 Å². The first kappa shape index (κ1) is 27.8. The first-order valence-corrected chi connectivity index (χ1v) is 8.42. The number of aliphatic hydroxyl groups is 3. The highest BCUT2D eigenvalue weighted by molar-refractivity contribution is 7.79. The van der Waals surface area contributed by atoms with Gasteiger partial charge in [0.15, 0.2) is 0 Å². The lowest BCUT2D eigenvalue weighted by Gasteiger charge is -2.24. The summed E-state index contributed by atoms with van der Waals surface area (Å²) in [5.41, 5.74) is -0.757. The van der Waals surface area contributed by atoms with Crippen molar-refractivity contribution in [2.24, 2.45) is 10.8 Å². The van der Waals surface area contributed by atoms with Gasteiger partial charge in [-0.15, -0.1) is 10.1 Å². The maximum absolute atomic E-state index is 9.86. The summed E-state index contributed by atoms with van der Waals surface area (Å²) in [6, 6.07) is 0. The number of hydrogen-bond acceptors (Lipinski definition) is 8. The lowest BCUT2D eigenvalue weighted by atomic mass is 9.86. The average molecular weight is 379 g/mol. The van der Waals surface area contributed by atoms with E-state index in [1.165, 1.54) is 0 Å². The Balaban J connectivity index is -0.000000298. The molecule has 0 rings (SSSR count). The highest BCUT2D eigenvalue weighted by Crippen LogP contribution is 2.25. The van der Waals surface area contributed by atoms with Crippen molar-refractivity contribution in [1.82, 2.24) is 0 Å². The van der Waals surface area contributed by atoms with E-state index in [1.807, 2.05) is 20.8 Å². The molecule has 0 bridgehead atoms. The Morgan fingerprint density at radius 1 is 0.958 bits per heavy atom. The molecule has 0 radical (unpaired) electrons. The van der Waals surface area contributed by atoms with E-state index in [4.69, 9.17) is 32.8 Å². The van der Waals surface area contributed by atoms with Gasteiger partial charge >= 0.3 is 10.4 Å². The van der Waals surface area contributed by atoms with Crippen LogP contribution in [0.1, 0.15) is 40.5 Å². The van der Waals surface area contributed by atoms with E-state index in [9.17, 15) is 10.1 Å². The molecule has 11 nitrogen and oxygen atoms in total. The van der Waals surface area contributed by atoms with E-state index in [0.29, 0.717) is 0 Å². The summed E-state index contributed by atoms with van der Waals surface area (Å²) in [6.07, 6.45) is 1.80. The van der Waals surface area contributed by atoms with Gasteiger partial charge in [0.25, 0.3) is 5.09 Å². The largest absolute Gasteiger partial charge is 0.396 e. The molecule has 0 saturated carbocycles. The van der Waals surface area contributed by atoms with Crippen LogP contribution in [0.15, 0.2) is 0 Å². The second-order valence-corrected chi connectivity index (χ2v) is 6.64. The lowest BCUT2D eigenvalue weighted by Crippen LogP contribution is -2.29. The molecule has 0 aliphatic rings. The SMILES string of the molecule is CC(CO)(CO)CO.CCC(C)(CC)CO[N+](=O)[O-].O=S(=O)(O)O. The van der Waals surface area contributed by atoms with Crippen molar-refractivity contribution in [3.63, 3.8) is 0 Å². The number of nitrogens with zero attached hydrogens (tertiary/aromatic N) is 1. The number of aliphatic hydroxyl groups excluding tert-OH is 3. The fourth-order valence-corrected chi connectivity index (χ4v) is 0.813. The van der Waals surface area contributed by atoms with Gasteiger partial charge in [0.2, 0.25) is 0 Å². The van der Waals surface area contributed by atoms with Gasteiger partial charge in [-0.05, 0) is 18.3 Å². The summed E-state index contributed by atoms with van der Waals surface area (Å²) in [7, 11) is -4.67. The molecule has 0 fully saturated rings. The van der Waals surface area contributed by atoms with Gasteiger partial charge < -0.3 is 20.2 Å². The number of rotatable bonds is 8. The van der Waals surface area contributed by atoms with Crippen molar-refractivity contribution in [3.05, 3.63) is 10.1 Å². The minimum absolute atomic E-state index is 0.0485. The lowest BCUT2D eigenvalue weighted by molar-refractivity contribution is -0.760. The topological polar surface area (TPSA) is 188 Å². The van der Waals surface area contributed by atoms with Gasteiger partial charge in [-0.2, -0.15) is 8.42 Å². The van der Waals surface area contributed by atoms with Crippen LogP contribution in [-0.4, -0.2) is 64.4 Å². The molecule has 0 atom stereocenters. The molecule has 0 heterocycles. The Kier molecular flexibility index (Phi) is 15.4. The van der Waals surface area contributed by atoms with Crippen LogP contribution in [-0.2, 0) is 15.2 Å². The summed E-state index contributed by atoms with van der Waals surface area (Å²) in [5, 5.41) is 34.5. The van der Waals surface area contributed by atoms with Crippen molar-refractivity contribution in [2.45, 2.75) is 40.5 Å². The predicted molar refractivity (Wildman–Crippen MR) is 85.2 cm³/mol. The molecule has 0 amide bonds. The third-order valence-electron chi connectivity index (χ3n) is 3.37. The van der Waals surface area contributed by atoms with Crippen molar-refractivity contribution < 1.29 is 42.8 Å². The second kappa shape index (κ2) is 13.3. The van der Waals surface area contributed by atoms with E-state index in [0.717, 1.165) is 12.8 Å². The van der Waals surface area contributed by atoms with Crippen LogP contribution in [0.2, 0.25) is 0 Å². The third kappa shape index (κ3) is 20.9. The Bertz CT molecular complexity index is 401. The molecule has 24 heavy (non-hydrogen) atoms. The van der Waals surface area contributed by atoms with Crippen LogP contribution in [0.3, 0.4) is 0 Å². The molecule has 0 aromatic heterocycles. The summed E-state index contributed by atoms with van der Waals surface area (Å²) < 4.78 is 31.6. The monoisotopic (exact) mass is 379 g/mol. The molecule has 12 heteroatoms. The van der Waals surface area contributed by atoms with Gasteiger partial charge in [0, 0.05) is 5.41 Å². The molecule has 0 aromatic rings. The van der Waals surface area contributed by atoms with Gasteiger partial charge in [0.05, 0.1) is 19.8 Å². The predicted octanol–water partition coefficient (Wildman–Crippen LogP) is 0.338. The summed E-state index contributed by atoms with van der Waals surface area (Å²) >= 11 is 0. The molecule has 5 N–H and O–H groups in total. The first-order chi connectivity index (χ1) is 10.7. The Morgan fingerprint density at radius 3 is 1.38 bits per heavy atom. The fourth-order valence-electron chi connectivity index (χ4n) is 0.813. The van der Waals surface area contributed by atoms with Crippen LogP contribution in [0.25, 0.3) is 0 Å². The average Bonchev–Trinajstić information content (AvgIpc) is 2.51. The van der Waals surface area contributed by atoms with E-state index in [-0.39, 0.29) is 31.8 Å². The van der Waals surface area contributed by atoms with Gasteiger partial charge in [0.1, 0.15) is 6.61 Å². The molecule has 148 valence electrons. The van der Waals surface area contributed by atoms with Crippen molar-refractivity contribution >= 4 is 10.4 Å². The van der Waals surface area contributed by atoms with Crippen molar-refractivity contribution in [2.75, 3.05) is 26.4 Å². The third-order valence-corrected chi connectivity index (χ3v) is 3.37. The minimum Gasteiger partial charge on any atom is -0.396 e. The van der Waals surface area contributed by atoms with Crippen LogP contribution in [0.4, 0.5) is 0 Å². The molecule has 0 aliphatic heterocycles. The van der Waals surface area contributed by atoms with Gasteiger partial charge in [-0.25, -0.2) is 0 Å². The van der Waals surface area contributed by atoms with Gasteiger partial charge in [-0.1, -0.05) is 27.7 Å². The number of hydrogen-bond donors (Lipinski definition) is 5.